The molecule has 116 valence electrons. The molecule has 1 rings (SSSR count). The van der Waals surface area contributed by atoms with Gasteiger partial charge < -0.3 is 16.0 Å². The van der Waals surface area contributed by atoms with Gasteiger partial charge in [-0.2, -0.15) is 0 Å². The van der Waals surface area contributed by atoms with Crippen LogP contribution >= 0.6 is 0 Å². The van der Waals surface area contributed by atoms with E-state index in [1.54, 1.807) is 7.05 Å². The first-order valence-corrected chi connectivity index (χ1v) is 7.60. The molecule has 1 saturated carbocycles. The smallest absolute Gasteiger partial charge is 0.239 e. The molecule has 2 amide bonds. The summed E-state index contributed by atoms with van der Waals surface area (Å²) in [6.07, 6.45) is 3.02. The number of nitrogens with two attached hydrogens (primary N) is 1. The standard InChI is InChI=1S/C15H29N3O2/c1-10(2)8-17-13(19)9-18(4)15(20)14-11(3)6-5-7-12(14)16/h10-12,14H,5-9,16H2,1-4H3,(H,17,19). The minimum absolute atomic E-state index is 0.00407. The average molecular weight is 283 g/mol. The number of hydrogen-bond acceptors (Lipinski definition) is 3. The Bertz CT molecular complexity index is 334. The van der Waals surface area contributed by atoms with Gasteiger partial charge >= 0.3 is 0 Å². The lowest BCUT2D eigenvalue weighted by Gasteiger charge is -2.35. The first-order chi connectivity index (χ1) is 9.32. The van der Waals surface area contributed by atoms with Crippen LogP contribution in [0, 0.1) is 17.8 Å². The van der Waals surface area contributed by atoms with Crippen molar-refractivity contribution in [1.29, 1.82) is 0 Å². The van der Waals surface area contributed by atoms with Crippen molar-refractivity contribution in [3.63, 3.8) is 0 Å². The summed E-state index contributed by atoms with van der Waals surface area (Å²) in [6, 6.07) is -0.0765. The van der Waals surface area contributed by atoms with Gasteiger partial charge in [-0.25, -0.2) is 0 Å². The van der Waals surface area contributed by atoms with Gasteiger partial charge in [-0.1, -0.05) is 27.2 Å². The fraction of sp³-hybridized carbons (Fsp3) is 0.867. The summed E-state index contributed by atoms with van der Waals surface area (Å²) < 4.78 is 0. The lowest BCUT2D eigenvalue weighted by molar-refractivity contribution is -0.140. The van der Waals surface area contributed by atoms with Crippen LogP contribution in [0.2, 0.25) is 0 Å². The van der Waals surface area contributed by atoms with Gasteiger partial charge in [0.05, 0.1) is 12.5 Å². The van der Waals surface area contributed by atoms with Gasteiger partial charge in [-0.15, -0.1) is 0 Å². The van der Waals surface area contributed by atoms with E-state index in [1.807, 2.05) is 13.8 Å². The molecular formula is C15H29N3O2. The summed E-state index contributed by atoms with van der Waals surface area (Å²) in [4.78, 5) is 25.7. The number of hydrogen-bond donors (Lipinski definition) is 2. The first-order valence-electron chi connectivity index (χ1n) is 7.60. The molecular weight excluding hydrogens is 254 g/mol. The van der Waals surface area contributed by atoms with Gasteiger partial charge in [0.1, 0.15) is 0 Å². The van der Waals surface area contributed by atoms with Crippen molar-refractivity contribution in [3.8, 4) is 0 Å². The van der Waals surface area contributed by atoms with Crippen molar-refractivity contribution in [2.75, 3.05) is 20.1 Å². The van der Waals surface area contributed by atoms with E-state index >= 15 is 0 Å². The lowest BCUT2D eigenvalue weighted by Crippen LogP contribution is -2.50. The number of nitrogens with one attached hydrogen (secondary N) is 1. The van der Waals surface area contributed by atoms with Crippen LogP contribution in [0.4, 0.5) is 0 Å². The lowest BCUT2D eigenvalue weighted by atomic mass is 9.76. The zero-order chi connectivity index (χ0) is 15.3. The number of likely N-dealkylation sites (N-methyl/N-ethyl adjacent to an activating group) is 1. The van der Waals surface area contributed by atoms with E-state index in [-0.39, 0.29) is 30.3 Å². The Labute approximate surface area is 122 Å². The largest absolute Gasteiger partial charge is 0.354 e. The third-order valence-corrected chi connectivity index (χ3v) is 4.02. The summed E-state index contributed by atoms with van der Waals surface area (Å²) in [5, 5.41) is 2.83. The summed E-state index contributed by atoms with van der Waals surface area (Å²) in [6.45, 7) is 6.91. The van der Waals surface area contributed by atoms with Crippen LogP contribution < -0.4 is 11.1 Å². The van der Waals surface area contributed by atoms with E-state index in [2.05, 4.69) is 12.2 Å². The highest BCUT2D eigenvalue weighted by Crippen LogP contribution is 2.30. The predicted molar refractivity (Wildman–Crippen MR) is 80.0 cm³/mol. The molecule has 1 aliphatic carbocycles. The molecule has 3 unspecified atom stereocenters. The Morgan fingerprint density at radius 2 is 2.00 bits per heavy atom. The molecule has 0 aromatic heterocycles. The Hall–Kier alpha value is -1.10. The molecule has 0 saturated heterocycles. The van der Waals surface area contributed by atoms with Crippen LogP contribution in [0.15, 0.2) is 0 Å². The second kappa shape index (κ2) is 7.62. The summed E-state index contributed by atoms with van der Waals surface area (Å²) in [7, 11) is 1.69. The minimum atomic E-state index is -0.147. The molecule has 5 nitrogen and oxygen atoms in total. The maximum Gasteiger partial charge on any atom is 0.239 e. The van der Waals surface area contributed by atoms with E-state index in [9.17, 15) is 9.59 Å². The minimum Gasteiger partial charge on any atom is -0.354 e. The SMILES string of the molecule is CC(C)CNC(=O)CN(C)C(=O)C1C(C)CCCC1N. The van der Waals surface area contributed by atoms with E-state index in [0.29, 0.717) is 18.4 Å². The van der Waals surface area contributed by atoms with Crippen molar-refractivity contribution in [2.45, 2.75) is 46.1 Å². The predicted octanol–water partition coefficient (Wildman–Crippen LogP) is 0.981. The van der Waals surface area contributed by atoms with Gasteiger partial charge in [0.15, 0.2) is 0 Å². The number of amides is 2. The van der Waals surface area contributed by atoms with Crippen LogP contribution in [-0.2, 0) is 9.59 Å². The van der Waals surface area contributed by atoms with Crippen molar-refractivity contribution in [3.05, 3.63) is 0 Å². The zero-order valence-corrected chi connectivity index (χ0v) is 13.2. The van der Waals surface area contributed by atoms with Gasteiger partial charge in [-0.3, -0.25) is 9.59 Å². The molecule has 0 aromatic rings. The van der Waals surface area contributed by atoms with Crippen LogP contribution in [0.25, 0.3) is 0 Å². The molecule has 0 aromatic carbocycles. The van der Waals surface area contributed by atoms with Crippen molar-refractivity contribution in [1.82, 2.24) is 10.2 Å². The molecule has 3 atom stereocenters. The van der Waals surface area contributed by atoms with Crippen molar-refractivity contribution < 1.29 is 9.59 Å². The highest BCUT2D eigenvalue weighted by atomic mass is 16.2. The fourth-order valence-corrected chi connectivity index (χ4v) is 2.80. The van der Waals surface area contributed by atoms with Crippen LogP contribution in [-0.4, -0.2) is 42.9 Å². The molecule has 3 N–H and O–H groups in total. The van der Waals surface area contributed by atoms with Crippen molar-refractivity contribution in [2.24, 2.45) is 23.5 Å². The normalized spacial score (nSPS) is 26.4. The summed E-state index contributed by atoms with van der Waals surface area (Å²) in [5.74, 6) is 0.460. The molecule has 1 fully saturated rings. The second-order valence-electron chi connectivity index (χ2n) is 6.49. The van der Waals surface area contributed by atoms with Crippen LogP contribution in [0.3, 0.4) is 0 Å². The van der Waals surface area contributed by atoms with Crippen LogP contribution in [0.1, 0.15) is 40.0 Å². The van der Waals surface area contributed by atoms with Crippen LogP contribution in [0.5, 0.6) is 0 Å². The van der Waals surface area contributed by atoms with E-state index in [0.717, 1.165) is 19.3 Å². The highest BCUT2D eigenvalue weighted by Gasteiger charge is 2.35. The molecule has 1 aliphatic rings. The summed E-state index contributed by atoms with van der Waals surface area (Å²) >= 11 is 0. The average Bonchev–Trinajstić information content (AvgIpc) is 2.35. The van der Waals surface area contributed by atoms with Crippen molar-refractivity contribution >= 4 is 11.8 Å². The second-order valence-corrected chi connectivity index (χ2v) is 6.49. The Balaban J connectivity index is 2.51. The number of rotatable bonds is 5. The quantitative estimate of drug-likeness (QED) is 0.790. The molecule has 0 heterocycles. The van der Waals surface area contributed by atoms with Gasteiger partial charge in [0.25, 0.3) is 0 Å². The van der Waals surface area contributed by atoms with E-state index in [1.165, 1.54) is 4.90 Å². The van der Waals surface area contributed by atoms with Gasteiger partial charge in [-0.05, 0) is 24.7 Å². The molecule has 0 radical (unpaired) electrons. The maximum atomic E-state index is 12.5. The number of carbonyl (C=O) groups is 2. The third kappa shape index (κ3) is 4.78. The zero-order valence-electron chi connectivity index (χ0n) is 13.2. The fourth-order valence-electron chi connectivity index (χ4n) is 2.80. The van der Waals surface area contributed by atoms with E-state index in [4.69, 9.17) is 5.73 Å². The number of carbonyl (C=O) groups excluding carboxylic acids is 2. The Kier molecular flexibility index (Phi) is 6.46. The first kappa shape index (κ1) is 17.0. The molecule has 0 aliphatic heterocycles. The topological polar surface area (TPSA) is 75.4 Å². The van der Waals surface area contributed by atoms with E-state index < -0.39 is 0 Å². The molecule has 5 heteroatoms. The maximum absolute atomic E-state index is 12.5. The molecule has 0 bridgehead atoms. The monoisotopic (exact) mass is 283 g/mol. The van der Waals surface area contributed by atoms with Gasteiger partial charge in [0, 0.05) is 19.6 Å². The Morgan fingerprint density at radius 3 is 2.55 bits per heavy atom. The number of nitrogens with zero attached hydrogens (tertiary/aromatic N) is 1. The molecule has 0 spiro atoms. The van der Waals surface area contributed by atoms with Gasteiger partial charge in [0.2, 0.25) is 11.8 Å². The third-order valence-electron chi connectivity index (χ3n) is 4.02. The highest BCUT2D eigenvalue weighted by molar-refractivity contribution is 5.86. The summed E-state index contributed by atoms with van der Waals surface area (Å²) in [5.41, 5.74) is 6.09. The molecule has 20 heavy (non-hydrogen) atoms. The Morgan fingerprint density at radius 1 is 1.35 bits per heavy atom.